The first-order valence-electron chi connectivity index (χ1n) is 8.59. The van der Waals surface area contributed by atoms with Gasteiger partial charge in [0.2, 0.25) is 0 Å². The SMILES string of the molecule is CC(NCC1CCOC1c1ccccc1)c1cnn(C(C)C)c1. The van der Waals surface area contributed by atoms with E-state index in [4.69, 9.17) is 4.74 Å². The van der Waals surface area contributed by atoms with Crippen LogP contribution in [-0.2, 0) is 4.74 Å². The van der Waals surface area contributed by atoms with E-state index in [1.54, 1.807) is 0 Å². The van der Waals surface area contributed by atoms with Crippen LogP contribution in [0.25, 0.3) is 0 Å². The molecular weight excluding hydrogens is 286 g/mol. The van der Waals surface area contributed by atoms with Crippen molar-refractivity contribution in [1.29, 1.82) is 0 Å². The van der Waals surface area contributed by atoms with Gasteiger partial charge in [-0.25, -0.2) is 0 Å². The van der Waals surface area contributed by atoms with Gasteiger partial charge in [0.05, 0.1) is 12.3 Å². The van der Waals surface area contributed by atoms with E-state index in [-0.39, 0.29) is 6.10 Å². The van der Waals surface area contributed by atoms with E-state index in [1.807, 2.05) is 10.9 Å². The molecule has 1 N–H and O–H groups in total. The lowest BCUT2D eigenvalue weighted by molar-refractivity contribution is 0.0899. The van der Waals surface area contributed by atoms with Crippen molar-refractivity contribution in [2.75, 3.05) is 13.2 Å². The number of benzene rings is 1. The van der Waals surface area contributed by atoms with Crippen molar-refractivity contribution < 1.29 is 4.74 Å². The molecule has 3 rings (SSSR count). The van der Waals surface area contributed by atoms with E-state index in [9.17, 15) is 0 Å². The molecule has 0 aliphatic carbocycles. The van der Waals surface area contributed by atoms with Crippen molar-refractivity contribution in [3.63, 3.8) is 0 Å². The Balaban J connectivity index is 1.58. The summed E-state index contributed by atoms with van der Waals surface area (Å²) in [6.45, 7) is 8.32. The van der Waals surface area contributed by atoms with Crippen LogP contribution >= 0.6 is 0 Å². The molecule has 2 heterocycles. The number of nitrogens with one attached hydrogen (secondary N) is 1. The molecule has 1 saturated heterocycles. The molecular formula is C19H27N3O. The summed E-state index contributed by atoms with van der Waals surface area (Å²) in [6.07, 6.45) is 5.44. The molecule has 1 aliphatic rings. The minimum atomic E-state index is 0.217. The first kappa shape index (κ1) is 16.2. The average Bonchev–Trinajstić information content (AvgIpc) is 3.22. The number of hydrogen-bond acceptors (Lipinski definition) is 3. The Labute approximate surface area is 138 Å². The van der Waals surface area contributed by atoms with Gasteiger partial charge in [0.1, 0.15) is 0 Å². The van der Waals surface area contributed by atoms with Gasteiger partial charge in [0, 0.05) is 42.9 Å². The maximum atomic E-state index is 5.97. The molecule has 4 nitrogen and oxygen atoms in total. The Hall–Kier alpha value is -1.65. The third-order valence-electron chi connectivity index (χ3n) is 4.68. The summed E-state index contributed by atoms with van der Waals surface area (Å²) in [5, 5.41) is 8.09. The van der Waals surface area contributed by atoms with Crippen LogP contribution in [0.2, 0.25) is 0 Å². The molecule has 3 atom stereocenters. The molecule has 1 aromatic carbocycles. The van der Waals surface area contributed by atoms with E-state index in [0.717, 1.165) is 19.6 Å². The lowest BCUT2D eigenvalue weighted by Crippen LogP contribution is -2.27. The molecule has 0 radical (unpaired) electrons. The first-order valence-corrected chi connectivity index (χ1v) is 8.59. The van der Waals surface area contributed by atoms with Crippen molar-refractivity contribution in [3.05, 3.63) is 53.9 Å². The van der Waals surface area contributed by atoms with E-state index in [0.29, 0.717) is 18.0 Å². The van der Waals surface area contributed by atoms with E-state index < -0.39 is 0 Å². The second kappa shape index (κ2) is 7.28. The molecule has 0 bridgehead atoms. The zero-order chi connectivity index (χ0) is 16.2. The third kappa shape index (κ3) is 3.82. The molecule has 1 fully saturated rings. The fourth-order valence-electron chi connectivity index (χ4n) is 3.16. The standard InChI is InChI=1S/C19H27N3O/c1-14(2)22-13-18(12-21-22)15(3)20-11-17-9-10-23-19(17)16-7-5-4-6-8-16/h4-8,12-15,17,19-20H,9-11H2,1-3H3. The molecule has 23 heavy (non-hydrogen) atoms. The normalized spacial score (nSPS) is 22.6. The van der Waals surface area contributed by atoms with E-state index in [2.05, 4.69) is 67.7 Å². The second-order valence-electron chi connectivity index (χ2n) is 6.73. The minimum absolute atomic E-state index is 0.217. The number of aromatic nitrogens is 2. The molecule has 0 saturated carbocycles. The number of hydrogen-bond donors (Lipinski definition) is 1. The molecule has 0 spiro atoms. The van der Waals surface area contributed by atoms with Crippen LogP contribution in [0, 0.1) is 5.92 Å². The second-order valence-corrected chi connectivity index (χ2v) is 6.73. The van der Waals surface area contributed by atoms with E-state index >= 15 is 0 Å². The van der Waals surface area contributed by atoms with Gasteiger partial charge >= 0.3 is 0 Å². The summed E-state index contributed by atoms with van der Waals surface area (Å²) in [5.41, 5.74) is 2.53. The van der Waals surface area contributed by atoms with E-state index in [1.165, 1.54) is 11.1 Å². The summed E-state index contributed by atoms with van der Waals surface area (Å²) in [6, 6.07) is 11.3. The molecule has 124 valence electrons. The van der Waals surface area contributed by atoms with Gasteiger partial charge < -0.3 is 10.1 Å². The Morgan fingerprint density at radius 3 is 2.74 bits per heavy atom. The molecule has 1 aromatic heterocycles. The van der Waals surface area contributed by atoms with Gasteiger partial charge in [0.15, 0.2) is 0 Å². The van der Waals surface area contributed by atoms with Crippen LogP contribution in [0.15, 0.2) is 42.7 Å². The summed E-state index contributed by atoms with van der Waals surface area (Å²) in [7, 11) is 0. The van der Waals surface area contributed by atoms with Crippen molar-refractivity contribution in [2.24, 2.45) is 5.92 Å². The zero-order valence-electron chi connectivity index (χ0n) is 14.3. The van der Waals surface area contributed by atoms with Crippen molar-refractivity contribution in [2.45, 2.75) is 45.4 Å². The van der Waals surface area contributed by atoms with Gasteiger partial charge in [-0.3, -0.25) is 4.68 Å². The highest BCUT2D eigenvalue weighted by Gasteiger charge is 2.29. The molecule has 2 aromatic rings. The maximum Gasteiger partial charge on any atom is 0.0866 e. The van der Waals surface area contributed by atoms with Crippen molar-refractivity contribution >= 4 is 0 Å². The first-order chi connectivity index (χ1) is 11.1. The van der Waals surface area contributed by atoms with Crippen LogP contribution in [0.1, 0.15) is 56.5 Å². The predicted molar refractivity (Wildman–Crippen MR) is 92.3 cm³/mol. The van der Waals surface area contributed by atoms with Crippen LogP contribution in [0.4, 0.5) is 0 Å². The van der Waals surface area contributed by atoms with Crippen LogP contribution < -0.4 is 5.32 Å². The van der Waals surface area contributed by atoms with Crippen LogP contribution in [0.5, 0.6) is 0 Å². The summed E-state index contributed by atoms with van der Waals surface area (Å²) >= 11 is 0. The fraction of sp³-hybridized carbons (Fsp3) is 0.526. The molecule has 3 unspecified atom stereocenters. The van der Waals surface area contributed by atoms with Gasteiger partial charge in [-0.05, 0) is 32.8 Å². The van der Waals surface area contributed by atoms with Crippen LogP contribution in [-0.4, -0.2) is 22.9 Å². The van der Waals surface area contributed by atoms with Crippen molar-refractivity contribution in [1.82, 2.24) is 15.1 Å². The summed E-state index contributed by atoms with van der Waals surface area (Å²) in [5.74, 6) is 0.528. The Bertz CT molecular complexity index is 608. The van der Waals surface area contributed by atoms with Crippen molar-refractivity contribution in [3.8, 4) is 0 Å². The topological polar surface area (TPSA) is 39.1 Å². The molecule has 4 heteroatoms. The average molecular weight is 313 g/mol. The Kier molecular flexibility index (Phi) is 5.13. The maximum absolute atomic E-state index is 5.97. The highest BCUT2D eigenvalue weighted by Crippen LogP contribution is 2.34. The van der Waals surface area contributed by atoms with Gasteiger partial charge in [0.25, 0.3) is 0 Å². The summed E-state index contributed by atoms with van der Waals surface area (Å²) in [4.78, 5) is 0. The third-order valence-corrected chi connectivity index (χ3v) is 4.68. The summed E-state index contributed by atoms with van der Waals surface area (Å²) < 4.78 is 7.98. The highest BCUT2D eigenvalue weighted by molar-refractivity contribution is 5.19. The fourth-order valence-corrected chi connectivity index (χ4v) is 3.16. The number of rotatable bonds is 6. The number of nitrogens with zero attached hydrogens (tertiary/aromatic N) is 2. The van der Waals surface area contributed by atoms with Crippen LogP contribution in [0.3, 0.4) is 0 Å². The van der Waals surface area contributed by atoms with Gasteiger partial charge in [-0.2, -0.15) is 5.10 Å². The molecule has 1 aliphatic heterocycles. The monoisotopic (exact) mass is 313 g/mol. The quantitative estimate of drug-likeness (QED) is 0.879. The Morgan fingerprint density at radius 2 is 2.04 bits per heavy atom. The van der Waals surface area contributed by atoms with Gasteiger partial charge in [-0.1, -0.05) is 30.3 Å². The zero-order valence-corrected chi connectivity index (χ0v) is 14.3. The largest absolute Gasteiger partial charge is 0.373 e. The Morgan fingerprint density at radius 1 is 1.26 bits per heavy atom. The lowest BCUT2D eigenvalue weighted by atomic mass is 9.95. The molecule has 0 amide bonds. The smallest absolute Gasteiger partial charge is 0.0866 e. The number of ether oxygens (including phenoxy) is 1. The predicted octanol–water partition coefficient (Wildman–Crippen LogP) is 3.89. The minimum Gasteiger partial charge on any atom is -0.373 e. The highest BCUT2D eigenvalue weighted by atomic mass is 16.5. The lowest BCUT2D eigenvalue weighted by Gasteiger charge is -2.21. The van der Waals surface area contributed by atoms with Gasteiger partial charge in [-0.15, -0.1) is 0 Å².